The van der Waals surface area contributed by atoms with Crippen LogP contribution in [0, 0.1) is 0 Å². The van der Waals surface area contributed by atoms with E-state index in [9.17, 15) is 8.42 Å². The summed E-state index contributed by atoms with van der Waals surface area (Å²) in [5, 5.41) is 0. The molecule has 0 unspecified atom stereocenters. The van der Waals surface area contributed by atoms with E-state index in [1.54, 1.807) is 25.3 Å². The number of rotatable bonds is 4. The number of benzene rings is 1. The van der Waals surface area contributed by atoms with Gasteiger partial charge in [-0.1, -0.05) is 22.0 Å². The van der Waals surface area contributed by atoms with Crippen molar-refractivity contribution in [3.05, 3.63) is 28.2 Å². The quantitative estimate of drug-likeness (QED) is 0.915. The summed E-state index contributed by atoms with van der Waals surface area (Å²) in [6, 6.07) is 5.18. The minimum Gasteiger partial charge on any atom is -0.497 e. The highest BCUT2D eigenvalue weighted by Crippen LogP contribution is 2.24. The van der Waals surface area contributed by atoms with Crippen molar-refractivity contribution in [2.75, 3.05) is 14.2 Å². The average Bonchev–Trinajstić information content (AvgIpc) is 2.21. The van der Waals surface area contributed by atoms with Gasteiger partial charge in [-0.25, -0.2) is 13.1 Å². The second kappa shape index (κ2) is 4.96. The fourth-order valence-electron chi connectivity index (χ4n) is 1.05. The summed E-state index contributed by atoms with van der Waals surface area (Å²) >= 11 is 3.30. The van der Waals surface area contributed by atoms with Crippen LogP contribution in [-0.4, -0.2) is 22.6 Å². The third-order valence-corrected chi connectivity index (χ3v) is 3.97. The van der Waals surface area contributed by atoms with Crippen molar-refractivity contribution >= 4 is 26.0 Å². The molecule has 1 N–H and O–H groups in total. The molecule has 1 aromatic carbocycles. The van der Waals surface area contributed by atoms with E-state index in [0.29, 0.717) is 11.3 Å². The van der Waals surface area contributed by atoms with Crippen molar-refractivity contribution in [2.45, 2.75) is 5.75 Å². The lowest BCUT2D eigenvalue weighted by atomic mass is 10.2. The van der Waals surface area contributed by atoms with Crippen LogP contribution >= 0.6 is 15.9 Å². The molecule has 0 aliphatic carbocycles. The Labute approximate surface area is 97.8 Å². The number of hydrogen-bond acceptors (Lipinski definition) is 3. The van der Waals surface area contributed by atoms with E-state index < -0.39 is 10.0 Å². The summed E-state index contributed by atoms with van der Waals surface area (Å²) in [4.78, 5) is 0. The minimum absolute atomic E-state index is 0.0475. The molecule has 84 valence electrons. The first-order valence-electron chi connectivity index (χ1n) is 4.22. The van der Waals surface area contributed by atoms with Crippen LogP contribution in [0.1, 0.15) is 5.56 Å². The molecule has 0 aliphatic rings. The third-order valence-electron chi connectivity index (χ3n) is 1.92. The highest BCUT2D eigenvalue weighted by molar-refractivity contribution is 9.10. The topological polar surface area (TPSA) is 55.4 Å². The predicted molar refractivity (Wildman–Crippen MR) is 62.4 cm³/mol. The van der Waals surface area contributed by atoms with Crippen LogP contribution in [0.2, 0.25) is 0 Å². The largest absolute Gasteiger partial charge is 0.497 e. The van der Waals surface area contributed by atoms with Gasteiger partial charge in [0, 0.05) is 4.47 Å². The van der Waals surface area contributed by atoms with Crippen molar-refractivity contribution < 1.29 is 13.2 Å². The molecule has 15 heavy (non-hydrogen) atoms. The van der Waals surface area contributed by atoms with Gasteiger partial charge in [-0.2, -0.15) is 0 Å². The van der Waals surface area contributed by atoms with Gasteiger partial charge in [0.25, 0.3) is 0 Å². The van der Waals surface area contributed by atoms with Gasteiger partial charge in [-0.15, -0.1) is 0 Å². The molecule has 1 rings (SSSR count). The predicted octanol–water partition coefficient (Wildman–Crippen LogP) is 1.51. The fourth-order valence-corrected chi connectivity index (χ4v) is 2.54. The van der Waals surface area contributed by atoms with Gasteiger partial charge in [0.1, 0.15) is 5.75 Å². The van der Waals surface area contributed by atoms with E-state index in [4.69, 9.17) is 4.74 Å². The van der Waals surface area contributed by atoms with Gasteiger partial charge in [-0.3, -0.25) is 0 Å². The van der Waals surface area contributed by atoms with Crippen molar-refractivity contribution in [3.8, 4) is 5.75 Å². The van der Waals surface area contributed by atoms with Gasteiger partial charge in [0.2, 0.25) is 10.0 Å². The molecule has 0 saturated heterocycles. The Morgan fingerprint density at radius 1 is 1.47 bits per heavy atom. The number of sulfonamides is 1. The maximum Gasteiger partial charge on any atom is 0.215 e. The van der Waals surface area contributed by atoms with Crippen LogP contribution < -0.4 is 9.46 Å². The van der Waals surface area contributed by atoms with Gasteiger partial charge in [0.15, 0.2) is 0 Å². The molecule has 6 heteroatoms. The second-order valence-corrected chi connectivity index (χ2v) is 5.70. The van der Waals surface area contributed by atoms with Crippen molar-refractivity contribution in [1.29, 1.82) is 0 Å². The number of nitrogens with one attached hydrogen (secondary N) is 1. The molecule has 0 aromatic heterocycles. The standard InChI is InChI=1S/C9H12BrNO3S/c1-11-15(12,13)6-7-3-4-8(14-2)5-9(7)10/h3-5,11H,6H2,1-2H3. The molecular weight excluding hydrogens is 282 g/mol. The first kappa shape index (κ1) is 12.5. The summed E-state index contributed by atoms with van der Waals surface area (Å²) < 4.78 is 30.6. The van der Waals surface area contributed by atoms with E-state index >= 15 is 0 Å². The summed E-state index contributed by atoms with van der Waals surface area (Å²) in [7, 11) is -0.279. The van der Waals surface area contributed by atoms with E-state index in [1.807, 2.05) is 0 Å². The molecule has 1 aromatic rings. The van der Waals surface area contributed by atoms with E-state index in [0.717, 1.165) is 4.47 Å². The lowest BCUT2D eigenvalue weighted by molar-refractivity contribution is 0.414. The molecule has 0 bridgehead atoms. The normalized spacial score (nSPS) is 11.4. The smallest absolute Gasteiger partial charge is 0.215 e. The molecule has 0 amide bonds. The maximum absolute atomic E-state index is 11.3. The number of halogens is 1. The van der Waals surface area contributed by atoms with Crippen LogP contribution in [-0.2, 0) is 15.8 Å². The zero-order chi connectivity index (χ0) is 11.5. The number of methoxy groups -OCH3 is 1. The molecule has 0 saturated carbocycles. The Balaban J connectivity index is 2.97. The minimum atomic E-state index is -3.24. The van der Waals surface area contributed by atoms with Crippen molar-refractivity contribution in [1.82, 2.24) is 4.72 Å². The van der Waals surface area contributed by atoms with Crippen LogP contribution in [0.25, 0.3) is 0 Å². The molecule has 0 spiro atoms. The highest BCUT2D eigenvalue weighted by atomic mass is 79.9. The first-order valence-corrected chi connectivity index (χ1v) is 6.66. The zero-order valence-electron chi connectivity index (χ0n) is 8.45. The second-order valence-electron chi connectivity index (χ2n) is 2.92. The summed E-state index contributed by atoms with van der Waals surface area (Å²) in [6.07, 6.45) is 0. The lowest BCUT2D eigenvalue weighted by Gasteiger charge is -2.07. The molecule has 0 atom stereocenters. The van der Waals surface area contributed by atoms with Gasteiger partial charge in [0.05, 0.1) is 12.9 Å². The van der Waals surface area contributed by atoms with Gasteiger partial charge in [-0.05, 0) is 24.7 Å². The summed E-state index contributed by atoms with van der Waals surface area (Å²) in [5.41, 5.74) is 0.699. The first-order chi connectivity index (χ1) is 6.98. The average molecular weight is 294 g/mol. The lowest BCUT2D eigenvalue weighted by Crippen LogP contribution is -2.20. The number of hydrogen-bond donors (Lipinski definition) is 1. The van der Waals surface area contributed by atoms with Crippen LogP contribution in [0.15, 0.2) is 22.7 Å². The molecular formula is C9H12BrNO3S. The van der Waals surface area contributed by atoms with Crippen LogP contribution in [0.4, 0.5) is 0 Å². The van der Waals surface area contributed by atoms with Crippen LogP contribution in [0.5, 0.6) is 5.75 Å². The maximum atomic E-state index is 11.3. The monoisotopic (exact) mass is 293 g/mol. The van der Waals surface area contributed by atoms with Crippen molar-refractivity contribution in [2.24, 2.45) is 0 Å². The SMILES string of the molecule is CNS(=O)(=O)Cc1ccc(OC)cc1Br. The molecule has 0 aliphatic heterocycles. The van der Waals surface area contributed by atoms with Gasteiger partial charge < -0.3 is 4.74 Å². The molecule has 0 heterocycles. The van der Waals surface area contributed by atoms with Crippen LogP contribution in [0.3, 0.4) is 0 Å². The Morgan fingerprint density at radius 3 is 2.60 bits per heavy atom. The molecule has 0 fully saturated rings. The third kappa shape index (κ3) is 3.48. The van der Waals surface area contributed by atoms with E-state index in [1.165, 1.54) is 7.05 Å². The van der Waals surface area contributed by atoms with Crippen molar-refractivity contribution in [3.63, 3.8) is 0 Å². The summed E-state index contributed by atoms with van der Waals surface area (Å²) in [6.45, 7) is 0. The Morgan fingerprint density at radius 2 is 2.13 bits per heavy atom. The molecule has 0 radical (unpaired) electrons. The zero-order valence-corrected chi connectivity index (χ0v) is 10.9. The van der Waals surface area contributed by atoms with E-state index in [2.05, 4.69) is 20.7 Å². The fraction of sp³-hybridized carbons (Fsp3) is 0.333. The highest BCUT2D eigenvalue weighted by Gasteiger charge is 2.11. The number of ether oxygens (including phenoxy) is 1. The Kier molecular flexibility index (Phi) is 4.12. The van der Waals surface area contributed by atoms with Gasteiger partial charge >= 0.3 is 0 Å². The summed E-state index contributed by atoms with van der Waals surface area (Å²) in [5.74, 6) is 0.640. The molecule has 4 nitrogen and oxygen atoms in total. The Bertz CT molecular complexity index is 445. The Hall–Kier alpha value is -0.590. The van der Waals surface area contributed by atoms with E-state index in [-0.39, 0.29) is 5.75 Å².